The van der Waals surface area contributed by atoms with Gasteiger partial charge in [-0.3, -0.25) is 0 Å². The molecule has 0 aliphatic rings. The monoisotopic (exact) mass is 432 g/mol. The molecule has 0 N–H and O–H groups in total. The van der Waals surface area contributed by atoms with Crippen LogP contribution in [0, 0.1) is 0 Å². The quantitative estimate of drug-likeness (QED) is 0.502. The predicted octanol–water partition coefficient (Wildman–Crippen LogP) is 5.95. The first-order valence-electron chi connectivity index (χ1n) is 6.89. The van der Waals surface area contributed by atoms with Crippen molar-refractivity contribution >= 4 is 43.2 Å². The molecule has 21 heavy (non-hydrogen) atoms. The molecular weight excluding hydrogens is 416 g/mol. The molecule has 0 saturated heterocycles. The summed E-state index contributed by atoms with van der Waals surface area (Å²) in [7, 11) is 0. The Morgan fingerprint density at radius 2 is 1.86 bits per heavy atom. The van der Waals surface area contributed by atoms with Crippen LogP contribution in [0.15, 0.2) is 28.7 Å². The van der Waals surface area contributed by atoms with Crippen LogP contribution in [0.3, 0.4) is 0 Å². The Morgan fingerprint density at radius 1 is 1.10 bits per heavy atom. The van der Waals surface area contributed by atoms with Crippen molar-refractivity contribution in [2.75, 3.05) is 6.61 Å². The number of alkyl halides is 1. The van der Waals surface area contributed by atoms with Gasteiger partial charge in [-0.1, -0.05) is 22.9 Å². The van der Waals surface area contributed by atoms with E-state index < -0.39 is 0 Å². The number of aryl methyl sites for hydroxylation is 1. The van der Waals surface area contributed by atoms with Crippen molar-refractivity contribution in [3.8, 4) is 11.5 Å². The SMILES string of the molecule is CCOc1cc(CBr)cc(Br)c1OCc1ccc(CC)s1. The van der Waals surface area contributed by atoms with Crippen LogP contribution < -0.4 is 9.47 Å². The van der Waals surface area contributed by atoms with Crippen molar-refractivity contribution in [2.45, 2.75) is 32.2 Å². The minimum atomic E-state index is 0.566. The molecule has 2 nitrogen and oxygen atoms in total. The molecule has 0 radical (unpaired) electrons. The van der Waals surface area contributed by atoms with E-state index in [-0.39, 0.29) is 0 Å². The van der Waals surface area contributed by atoms with Gasteiger partial charge in [0.1, 0.15) is 6.61 Å². The Balaban J connectivity index is 2.17. The molecular formula is C16H18Br2O2S. The van der Waals surface area contributed by atoms with Crippen LogP contribution >= 0.6 is 43.2 Å². The van der Waals surface area contributed by atoms with Gasteiger partial charge in [0, 0.05) is 15.1 Å². The van der Waals surface area contributed by atoms with Crippen LogP contribution in [-0.2, 0) is 18.4 Å². The van der Waals surface area contributed by atoms with Crippen LogP contribution in [0.5, 0.6) is 11.5 Å². The summed E-state index contributed by atoms with van der Waals surface area (Å²) in [5, 5.41) is 0.788. The third-order valence-corrected chi connectivity index (χ3v) is 5.39. The standard InChI is InChI=1S/C16H18Br2O2S/c1-3-12-5-6-13(21-12)10-20-16-14(18)7-11(9-17)8-15(16)19-4-2/h5-8H,3-4,9-10H2,1-2H3. The van der Waals surface area contributed by atoms with E-state index in [4.69, 9.17) is 9.47 Å². The summed E-state index contributed by atoms with van der Waals surface area (Å²) in [5.74, 6) is 1.56. The van der Waals surface area contributed by atoms with Crippen LogP contribution in [0.4, 0.5) is 0 Å². The predicted molar refractivity (Wildman–Crippen MR) is 96.0 cm³/mol. The number of hydrogen-bond donors (Lipinski definition) is 0. The highest BCUT2D eigenvalue weighted by Gasteiger charge is 2.12. The summed E-state index contributed by atoms with van der Waals surface area (Å²) in [4.78, 5) is 2.61. The minimum Gasteiger partial charge on any atom is -0.490 e. The van der Waals surface area contributed by atoms with Crippen LogP contribution in [0.25, 0.3) is 0 Å². The highest BCUT2D eigenvalue weighted by atomic mass is 79.9. The van der Waals surface area contributed by atoms with Crippen molar-refractivity contribution in [1.29, 1.82) is 0 Å². The van der Waals surface area contributed by atoms with Gasteiger partial charge in [-0.15, -0.1) is 11.3 Å². The smallest absolute Gasteiger partial charge is 0.175 e. The van der Waals surface area contributed by atoms with E-state index in [0.717, 1.165) is 33.3 Å². The van der Waals surface area contributed by atoms with Crippen LogP contribution in [0.2, 0.25) is 0 Å². The summed E-state index contributed by atoms with van der Waals surface area (Å²) >= 11 is 8.85. The number of rotatable bonds is 7. The molecule has 1 aromatic carbocycles. The second-order valence-corrected chi connectivity index (χ2v) is 7.15. The van der Waals surface area contributed by atoms with E-state index in [2.05, 4.69) is 57.0 Å². The van der Waals surface area contributed by atoms with Crippen LogP contribution in [0.1, 0.15) is 29.2 Å². The van der Waals surface area contributed by atoms with E-state index in [0.29, 0.717) is 13.2 Å². The van der Waals surface area contributed by atoms with E-state index in [1.54, 1.807) is 11.3 Å². The zero-order chi connectivity index (χ0) is 15.2. The van der Waals surface area contributed by atoms with E-state index >= 15 is 0 Å². The van der Waals surface area contributed by atoms with Gasteiger partial charge in [0.15, 0.2) is 11.5 Å². The van der Waals surface area contributed by atoms with E-state index in [9.17, 15) is 0 Å². The average molecular weight is 434 g/mol. The molecule has 1 heterocycles. The summed E-state index contributed by atoms with van der Waals surface area (Å²) < 4.78 is 12.6. The molecule has 0 spiro atoms. The number of hydrogen-bond acceptors (Lipinski definition) is 3. The molecule has 0 unspecified atom stereocenters. The van der Waals surface area contributed by atoms with Gasteiger partial charge < -0.3 is 9.47 Å². The second-order valence-electron chi connectivity index (χ2n) is 4.48. The first kappa shape index (κ1) is 16.8. The lowest BCUT2D eigenvalue weighted by atomic mass is 10.2. The Kier molecular flexibility index (Phi) is 6.58. The van der Waals surface area contributed by atoms with Crippen molar-refractivity contribution < 1.29 is 9.47 Å². The molecule has 0 aliphatic heterocycles. The van der Waals surface area contributed by atoms with Crippen LogP contribution in [-0.4, -0.2) is 6.61 Å². The van der Waals surface area contributed by atoms with Gasteiger partial charge in [0.05, 0.1) is 11.1 Å². The number of thiophene rings is 1. The summed E-state index contributed by atoms with van der Waals surface area (Å²) in [6, 6.07) is 8.36. The molecule has 2 aromatic rings. The van der Waals surface area contributed by atoms with Gasteiger partial charge in [0.2, 0.25) is 0 Å². The van der Waals surface area contributed by atoms with Gasteiger partial charge in [-0.2, -0.15) is 0 Å². The van der Waals surface area contributed by atoms with Crippen molar-refractivity contribution in [3.05, 3.63) is 44.1 Å². The highest BCUT2D eigenvalue weighted by Crippen LogP contribution is 2.38. The fourth-order valence-electron chi connectivity index (χ4n) is 1.93. The van der Waals surface area contributed by atoms with E-state index in [1.165, 1.54) is 9.75 Å². The Morgan fingerprint density at radius 3 is 2.48 bits per heavy atom. The zero-order valence-electron chi connectivity index (χ0n) is 12.1. The molecule has 2 rings (SSSR count). The summed E-state index contributed by atoms with van der Waals surface area (Å²) in [6.07, 6.45) is 1.07. The molecule has 0 saturated carbocycles. The molecule has 5 heteroatoms. The number of halogens is 2. The minimum absolute atomic E-state index is 0.566. The third kappa shape index (κ3) is 4.47. The maximum absolute atomic E-state index is 5.99. The molecule has 0 aliphatic carbocycles. The lowest BCUT2D eigenvalue weighted by molar-refractivity contribution is 0.269. The van der Waals surface area contributed by atoms with Gasteiger partial charge in [-0.05, 0) is 59.1 Å². The molecule has 1 aromatic heterocycles. The maximum Gasteiger partial charge on any atom is 0.175 e. The molecule has 0 atom stereocenters. The first-order chi connectivity index (χ1) is 10.2. The summed E-state index contributed by atoms with van der Waals surface area (Å²) in [6.45, 7) is 5.33. The topological polar surface area (TPSA) is 18.5 Å². The van der Waals surface area contributed by atoms with Crippen molar-refractivity contribution in [1.82, 2.24) is 0 Å². The molecule has 0 amide bonds. The van der Waals surface area contributed by atoms with Gasteiger partial charge in [-0.25, -0.2) is 0 Å². The lowest BCUT2D eigenvalue weighted by Crippen LogP contribution is -2.00. The fraction of sp³-hybridized carbons (Fsp3) is 0.375. The van der Waals surface area contributed by atoms with E-state index in [1.807, 2.05) is 13.0 Å². The Labute approximate surface area is 146 Å². The Bertz CT molecular complexity index is 596. The number of ether oxygens (including phenoxy) is 2. The largest absolute Gasteiger partial charge is 0.490 e. The normalized spacial score (nSPS) is 10.7. The maximum atomic E-state index is 5.99. The lowest BCUT2D eigenvalue weighted by Gasteiger charge is -2.14. The number of benzene rings is 1. The van der Waals surface area contributed by atoms with Gasteiger partial charge in [0.25, 0.3) is 0 Å². The highest BCUT2D eigenvalue weighted by molar-refractivity contribution is 9.10. The first-order valence-corrected chi connectivity index (χ1v) is 9.62. The van der Waals surface area contributed by atoms with Gasteiger partial charge >= 0.3 is 0 Å². The summed E-state index contributed by atoms with van der Waals surface area (Å²) in [5.41, 5.74) is 1.15. The van der Waals surface area contributed by atoms with Crippen molar-refractivity contribution in [3.63, 3.8) is 0 Å². The average Bonchev–Trinajstić information content (AvgIpc) is 2.94. The zero-order valence-corrected chi connectivity index (χ0v) is 16.1. The molecule has 0 bridgehead atoms. The molecule has 114 valence electrons. The fourth-order valence-corrected chi connectivity index (χ4v) is 3.73. The third-order valence-electron chi connectivity index (χ3n) is 2.95. The second kappa shape index (κ2) is 8.20. The Hall–Kier alpha value is -0.520. The van der Waals surface area contributed by atoms with Crippen molar-refractivity contribution in [2.24, 2.45) is 0 Å². The molecule has 0 fully saturated rings.